The van der Waals surface area contributed by atoms with E-state index in [9.17, 15) is 5.11 Å². The highest BCUT2D eigenvalue weighted by atomic mass is 35.5. The Balaban J connectivity index is 2.22. The molecule has 0 saturated carbocycles. The molecule has 2 nitrogen and oxygen atoms in total. The first-order valence-corrected chi connectivity index (χ1v) is 7.26. The molecule has 0 amide bonds. The van der Waals surface area contributed by atoms with Crippen LogP contribution in [0.2, 0.25) is 5.02 Å². The number of hydrogen-bond acceptors (Lipinski definition) is 2. The van der Waals surface area contributed by atoms with Gasteiger partial charge >= 0.3 is 0 Å². The van der Waals surface area contributed by atoms with Crippen molar-refractivity contribution in [3.63, 3.8) is 0 Å². The number of benzene rings is 1. The molecule has 1 aromatic rings. The minimum Gasteiger partial charge on any atom is -0.396 e. The molecule has 0 saturated heterocycles. The van der Waals surface area contributed by atoms with E-state index in [2.05, 4.69) is 45.1 Å². The van der Waals surface area contributed by atoms with Crippen LogP contribution in [0.15, 0.2) is 18.2 Å². The number of hydrogen-bond donors (Lipinski definition) is 2. The van der Waals surface area contributed by atoms with Crippen LogP contribution in [0.25, 0.3) is 0 Å². The second kappa shape index (κ2) is 5.08. The van der Waals surface area contributed by atoms with Crippen LogP contribution in [-0.2, 0) is 6.42 Å². The fraction of sp³-hybridized carbons (Fsp3) is 0.625. The van der Waals surface area contributed by atoms with Crippen molar-refractivity contribution in [3.8, 4) is 0 Å². The molecule has 0 fully saturated rings. The number of fused-ring (bicyclic) bond motifs is 1. The van der Waals surface area contributed by atoms with E-state index >= 15 is 0 Å². The van der Waals surface area contributed by atoms with E-state index in [1.165, 1.54) is 11.1 Å². The number of aliphatic hydroxyl groups is 1. The van der Waals surface area contributed by atoms with Gasteiger partial charge in [0.2, 0.25) is 0 Å². The Bertz CT molecular complexity index is 468. The first-order valence-electron chi connectivity index (χ1n) is 6.88. The van der Waals surface area contributed by atoms with Gasteiger partial charge in [-0.1, -0.05) is 45.4 Å². The van der Waals surface area contributed by atoms with Gasteiger partial charge in [0.05, 0.1) is 0 Å². The minimum absolute atomic E-state index is 0.0998. The van der Waals surface area contributed by atoms with Crippen LogP contribution in [0.5, 0.6) is 0 Å². The zero-order chi connectivity index (χ0) is 14.3. The molecule has 1 unspecified atom stereocenters. The van der Waals surface area contributed by atoms with Gasteiger partial charge in [-0.15, -0.1) is 0 Å². The molecule has 1 atom stereocenters. The van der Waals surface area contributed by atoms with E-state index in [0.29, 0.717) is 6.04 Å². The standard InChI is InChI=1S/C16H24ClNO/c1-15(2,10-19)9-18-14-13-7-12(17)6-5-11(13)8-16(14,3)4/h5-7,14,18-19H,8-10H2,1-4H3. The summed E-state index contributed by atoms with van der Waals surface area (Å²) >= 11 is 6.13. The van der Waals surface area contributed by atoms with E-state index in [1.807, 2.05) is 6.07 Å². The summed E-state index contributed by atoms with van der Waals surface area (Å²) in [5, 5.41) is 13.8. The van der Waals surface area contributed by atoms with Crippen molar-refractivity contribution in [3.05, 3.63) is 34.3 Å². The van der Waals surface area contributed by atoms with Crippen molar-refractivity contribution in [2.45, 2.75) is 40.2 Å². The van der Waals surface area contributed by atoms with Crippen molar-refractivity contribution in [1.82, 2.24) is 5.32 Å². The Labute approximate surface area is 121 Å². The number of rotatable bonds is 4. The van der Waals surface area contributed by atoms with Crippen molar-refractivity contribution in [2.75, 3.05) is 13.2 Å². The Morgan fingerprint density at radius 1 is 1.42 bits per heavy atom. The summed E-state index contributed by atoms with van der Waals surface area (Å²) < 4.78 is 0. The van der Waals surface area contributed by atoms with Gasteiger partial charge in [-0.3, -0.25) is 0 Å². The summed E-state index contributed by atoms with van der Waals surface area (Å²) in [6.45, 7) is 9.69. The summed E-state index contributed by atoms with van der Waals surface area (Å²) in [4.78, 5) is 0. The van der Waals surface area contributed by atoms with Crippen molar-refractivity contribution in [1.29, 1.82) is 0 Å². The van der Waals surface area contributed by atoms with E-state index in [-0.39, 0.29) is 17.4 Å². The minimum atomic E-state index is -0.0998. The average Bonchev–Trinajstić information content (AvgIpc) is 2.56. The quantitative estimate of drug-likeness (QED) is 0.884. The van der Waals surface area contributed by atoms with Gasteiger partial charge in [0, 0.05) is 29.6 Å². The number of aliphatic hydroxyl groups excluding tert-OH is 1. The maximum absolute atomic E-state index is 9.38. The summed E-state index contributed by atoms with van der Waals surface area (Å²) in [5.41, 5.74) is 2.77. The van der Waals surface area contributed by atoms with Crippen LogP contribution in [0, 0.1) is 10.8 Å². The molecule has 3 heteroatoms. The first kappa shape index (κ1) is 14.8. The lowest BCUT2D eigenvalue weighted by molar-refractivity contribution is 0.142. The van der Waals surface area contributed by atoms with Gasteiger partial charge in [-0.25, -0.2) is 0 Å². The zero-order valence-corrected chi connectivity index (χ0v) is 13.0. The maximum Gasteiger partial charge on any atom is 0.0494 e. The van der Waals surface area contributed by atoms with Gasteiger partial charge in [0.1, 0.15) is 0 Å². The summed E-state index contributed by atoms with van der Waals surface area (Å²) in [7, 11) is 0. The highest BCUT2D eigenvalue weighted by Crippen LogP contribution is 2.46. The van der Waals surface area contributed by atoms with Gasteiger partial charge in [0.25, 0.3) is 0 Å². The second-order valence-corrected chi connectivity index (χ2v) is 7.58. The molecule has 0 aliphatic heterocycles. The van der Waals surface area contributed by atoms with Crippen LogP contribution in [0.3, 0.4) is 0 Å². The Morgan fingerprint density at radius 2 is 2.11 bits per heavy atom. The molecule has 0 radical (unpaired) electrons. The van der Waals surface area contributed by atoms with Gasteiger partial charge in [0.15, 0.2) is 0 Å². The third kappa shape index (κ3) is 3.13. The van der Waals surface area contributed by atoms with Crippen molar-refractivity contribution >= 4 is 11.6 Å². The van der Waals surface area contributed by atoms with Gasteiger partial charge in [-0.05, 0) is 35.1 Å². The number of halogens is 1. The lowest BCUT2D eigenvalue weighted by Gasteiger charge is -2.32. The highest BCUT2D eigenvalue weighted by Gasteiger charge is 2.39. The normalized spacial score (nSPS) is 21.5. The van der Waals surface area contributed by atoms with Crippen LogP contribution >= 0.6 is 11.6 Å². The van der Waals surface area contributed by atoms with Crippen LogP contribution in [0.1, 0.15) is 44.9 Å². The first-order chi connectivity index (χ1) is 8.75. The molecular weight excluding hydrogens is 258 g/mol. The predicted octanol–water partition coefficient (Wildman–Crippen LogP) is 3.57. The molecule has 0 aromatic heterocycles. The SMILES string of the molecule is CC(C)(CO)CNC1c2cc(Cl)ccc2CC1(C)C. The fourth-order valence-corrected chi connectivity index (χ4v) is 3.01. The van der Waals surface area contributed by atoms with Crippen LogP contribution < -0.4 is 5.32 Å². The van der Waals surface area contributed by atoms with E-state index < -0.39 is 0 Å². The molecule has 0 heterocycles. The van der Waals surface area contributed by atoms with Crippen LogP contribution in [-0.4, -0.2) is 18.3 Å². The fourth-order valence-electron chi connectivity index (χ4n) is 2.83. The molecule has 0 bridgehead atoms. The lowest BCUT2D eigenvalue weighted by atomic mass is 9.84. The lowest BCUT2D eigenvalue weighted by Crippen LogP contribution is -2.38. The molecule has 2 N–H and O–H groups in total. The second-order valence-electron chi connectivity index (χ2n) is 7.14. The van der Waals surface area contributed by atoms with E-state index in [4.69, 9.17) is 11.6 Å². The molecular formula is C16H24ClNO. The molecule has 1 aliphatic carbocycles. The van der Waals surface area contributed by atoms with Crippen molar-refractivity contribution in [2.24, 2.45) is 10.8 Å². The number of nitrogens with one attached hydrogen (secondary N) is 1. The van der Waals surface area contributed by atoms with E-state index in [0.717, 1.165) is 18.0 Å². The predicted molar refractivity (Wildman–Crippen MR) is 80.5 cm³/mol. The van der Waals surface area contributed by atoms with Gasteiger partial charge in [-0.2, -0.15) is 0 Å². The molecule has 2 rings (SSSR count). The Kier molecular flexibility index (Phi) is 3.97. The summed E-state index contributed by atoms with van der Waals surface area (Å²) in [6.07, 6.45) is 1.07. The summed E-state index contributed by atoms with van der Waals surface area (Å²) in [6, 6.07) is 6.48. The third-order valence-corrected chi connectivity index (χ3v) is 4.29. The highest BCUT2D eigenvalue weighted by molar-refractivity contribution is 6.30. The smallest absolute Gasteiger partial charge is 0.0494 e. The zero-order valence-electron chi connectivity index (χ0n) is 12.3. The molecule has 1 aliphatic rings. The molecule has 106 valence electrons. The third-order valence-electron chi connectivity index (χ3n) is 4.06. The maximum atomic E-state index is 9.38. The largest absolute Gasteiger partial charge is 0.396 e. The summed E-state index contributed by atoms with van der Waals surface area (Å²) in [5.74, 6) is 0. The molecule has 19 heavy (non-hydrogen) atoms. The Morgan fingerprint density at radius 3 is 2.74 bits per heavy atom. The molecule has 1 aromatic carbocycles. The monoisotopic (exact) mass is 281 g/mol. The topological polar surface area (TPSA) is 32.3 Å². The van der Waals surface area contributed by atoms with Gasteiger partial charge < -0.3 is 10.4 Å². The van der Waals surface area contributed by atoms with Crippen molar-refractivity contribution < 1.29 is 5.11 Å². The van der Waals surface area contributed by atoms with Crippen LogP contribution in [0.4, 0.5) is 0 Å². The molecule has 0 spiro atoms. The average molecular weight is 282 g/mol. The Hall–Kier alpha value is -0.570. The van der Waals surface area contributed by atoms with E-state index in [1.54, 1.807) is 0 Å².